The third kappa shape index (κ3) is 27.2. The van der Waals surface area contributed by atoms with Crippen LogP contribution >= 0.6 is 15.2 Å². The third-order valence-electron chi connectivity index (χ3n) is 11.2. The van der Waals surface area contributed by atoms with E-state index in [1.807, 2.05) is 5.32 Å². The van der Waals surface area contributed by atoms with Crippen LogP contribution in [0.3, 0.4) is 0 Å². The van der Waals surface area contributed by atoms with Crippen LogP contribution in [0.2, 0.25) is 0 Å². The smallest absolute Gasteiger partial charge is 0.360 e. The van der Waals surface area contributed by atoms with Gasteiger partial charge in [-0.3, -0.25) is 47.7 Å². The number of aryl methyl sites for hydroxylation is 2. The molecule has 2 atom stereocenters. The van der Waals surface area contributed by atoms with Crippen LogP contribution in [0.25, 0.3) is 0 Å². The normalized spacial score (nSPS) is 12.4. The fourth-order valence-electron chi connectivity index (χ4n) is 7.35. The SMILES string of the molecule is O=C(O)CC[C@H](NC(=O)N[C@@H](CCCCNC(=O)CCCCCNC(=O)CCc1ccc(O)c(CN(CCN(CC(=O)O)Cc2cc(CCC(=O)NC(P(=O)(O)O)P(=O)(O)O)ccc2O)CC(=O)O)c1)C(=O)O)C(=O)O. The summed E-state index contributed by atoms with van der Waals surface area (Å²) in [5.41, 5.74) is -1.19. The highest BCUT2D eigenvalue weighted by Gasteiger charge is 2.44. The summed E-state index contributed by atoms with van der Waals surface area (Å²) in [4.78, 5) is 147. The molecule has 2 rings (SSSR count). The van der Waals surface area contributed by atoms with Gasteiger partial charge in [-0.15, -0.1) is 0 Å². The Morgan fingerprint density at radius 2 is 0.934 bits per heavy atom. The highest BCUT2D eigenvalue weighted by Crippen LogP contribution is 2.58. The van der Waals surface area contributed by atoms with Crippen LogP contribution < -0.4 is 26.6 Å². The van der Waals surface area contributed by atoms with Crippen LogP contribution in [0.1, 0.15) is 92.9 Å². The quantitative estimate of drug-likeness (QED) is 0.0316. The van der Waals surface area contributed by atoms with Crippen molar-refractivity contribution in [3.05, 3.63) is 58.7 Å². The summed E-state index contributed by atoms with van der Waals surface area (Å²) in [6.45, 7) is -0.904. The third-order valence-corrected chi connectivity index (χ3v) is 14.6. The first-order valence-electron chi connectivity index (χ1n) is 23.7. The molecule has 0 saturated carbocycles. The summed E-state index contributed by atoms with van der Waals surface area (Å²) >= 11 is 0. The number of nitrogens with zero attached hydrogens (tertiary/aromatic N) is 2. The lowest BCUT2D eigenvalue weighted by Crippen LogP contribution is -2.51. The molecule has 0 saturated heterocycles. The Kier molecular flexibility index (Phi) is 28.1. The van der Waals surface area contributed by atoms with E-state index >= 15 is 0 Å². The van der Waals surface area contributed by atoms with Crippen LogP contribution in [0, 0.1) is 0 Å². The zero-order valence-corrected chi connectivity index (χ0v) is 43.0. The van der Waals surface area contributed by atoms with Crippen LogP contribution in [0.4, 0.5) is 4.79 Å². The predicted molar refractivity (Wildman–Crippen MR) is 264 cm³/mol. The molecule has 424 valence electrons. The van der Waals surface area contributed by atoms with Gasteiger partial charge in [0.15, 0.2) is 0 Å². The van der Waals surface area contributed by atoms with Crippen LogP contribution in [0.5, 0.6) is 11.5 Å². The molecule has 0 aliphatic rings. The molecular weight excluding hydrogens is 1050 g/mol. The van der Waals surface area contributed by atoms with Crippen molar-refractivity contribution < 1.29 is 108 Å². The fraction of sp³-hybridized carbons (Fsp3) is 0.533. The molecule has 0 bridgehead atoms. The molecule has 0 aliphatic heterocycles. The first-order valence-corrected chi connectivity index (χ1v) is 27.1. The minimum absolute atomic E-state index is 0.0273. The topological polar surface area (TPSA) is 477 Å². The van der Waals surface area contributed by atoms with E-state index < -0.39 is 107 Å². The molecule has 0 heterocycles. The van der Waals surface area contributed by atoms with E-state index in [0.29, 0.717) is 48.9 Å². The number of hydrogen-bond acceptors (Lipinski definition) is 15. The van der Waals surface area contributed by atoms with Crippen molar-refractivity contribution in [1.82, 2.24) is 36.4 Å². The maximum atomic E-state index is 12.7. The Balaban J connectivity index is 1.83. The van der Waals surface area contributed by atoms with Crippen LogP contribution in [0.15, 0.2) is 36.4 Å². The largest absolute Gasteiger partial charge is 0.508 e. The molecule has 5 amide bonds. The number of urea groups is 1. The number of benzene rings is 2. The first-order chi connectivity index (χ1) is 35.5. The number of carbonyl (C=O) groups is 9. The number of amides is 5. The van der Waals surface area contributed by atoms with E-state index in [-0.39, 0.29) is 100 Å². The Labute approximate surface area is 435 Å². The fourth-order valence-corrected chi connectivity index (χ4v) is 9.54. The summed E-state index contributed by atoms with van der Waals surface area (Å²) in [6.07, 6.45) is 1.32. The summed E-state index contributed by atoms with van der Waals surface area (Å²) in [7, 11) is -10.9. The van der Waals surface area contributed by atoms with Gasteiger partial charge in [0.2, 0.25) is 23.2 Å². The van der Waals surface area contributed by atoms with Crippen molar-refractivity contribution in [3.63, 3.8) is 0 Å². The molecule has 31 heteroatoms. The molecular formula is C45H67N7O22P2. The van der Waals surface area contributed by atoms with E-state index in [9.17, 15) is 102 Å². The van der Waals surface area contributed by atoms with Gasteiger partial charge in [-0.1, -0.05) is 30.7 Å². The monoisotopic (exact) mass is 1120 g/mol. The minimum atomic E-state index is -5.44. The van der Waals surface area contributed by atoms with Crippen molar-refractivity contribution in [2.75, 3.05) is 39.3 Å². The molecule has 76 heavy (non-hydrogen) atoms. The van der Waals surface area contributed by atoms with Crippen molar-refractivity contribution in [3.8, 4) is 11.5 Å². The Bertz CT molecular complexity index is 2410. The molecule has 16 N–H and O–H groups in total. The van der Waals surface area contributed by atoms with Gasteiger partial charge in [-0.25, -0.2) is 14.4 Å². The van der Waals surface area contributed by atoms with E-state index in [1.54, 1.807) is 17.4 Å². The number of phenolic OH excluding ortho intramolecular Hbond substituents is 2. The molecule has 2 aromatic rings. The van der Waals surface area contributed by atoms with Crippen LogP contribution in [-0.4, -0.2) is 176 Å². The standard InChI is InChI=1S/C45H67N7O22P2/c53-34-13-8-28(10-15-37(56)47-18-4-1-2-7-36(55)46-19-5-3-6-32(42(64)65)48-44(68)49-33(43(66)67)12-17-39(58)59)22-30(34)24-51(26-40(60)61)20-21-52(27-41(62)63)25-31-23-29(9-14-35(31)54)11-16-38(57)50-45(75(69,70)71)76(72,73)74/h8-9,13-14,22-23,32-33,45,53-54H,1-7,10-12,15-21,24-27H2,(H,46,55)(H,47,56)(H,50,57)(H,58,59)(H,60,61)(H,62,63)(H,64,65)(H,66,67)(H2,48,49,68)(H2,69,70,71)(H2,72,73,74)/t32-,33-/m0/s1. The summed E-state index contributed by atoms with van der Waals surface area (Å²) < 4.78 is 23.1. The van der Waals surface area contributed by atoms with Gasteiger partial charge in [-0.05, 0) is 74.6 Å². The first kappa shape index (κ1) is 65.4. The maximum Gasteiger partial charge on any atom is 0.360 e. The molecule has 2 aromatic carbocycles. The number of carbonyl (C=O) groups excluding carboxylic acids is 4. The number of hydrogen-bond donors (Lipinski definition) is 16. The van der Waals surface area contributed by atoms with Crippen molar-refractivity contribution >= 4 is 68.8 Å². The van der Waals surface area contributed by atoms with Gasteiger partial charge < -0.3 is 81.9 Å². The Morgan fingerprint density at radius 1 is 0.500 bits per heavy atom. The van der Waals surface area contributed by atoms with Gasteiger partial charge in [-0.2, -0.15) is 0 Å². The number of unbranched alkanes of at least 4 members (excludes halogenated alkanes) is 3. The molecule has 0 aromatic heterocycles. The van der Waals surface area contributed by atoms with Gasteiger partial charge in [0.05, 0.1) is 13.1 Å². The predicted octanol–water partition coefficient (Wildman–Crippen LogP) is 0.225. The highest BCUT2D eigenvalue weighted by molar-refractivity contribution is 7.70. The van der Waals surface area contributed by atoms with Gasteiger partial charge in [0.25, 0.3) is 0 Å². The van der Waals surface area contributed by atoms with Crippen LogP contribution in [-0.2, 0) is 73.4 Å². The number of rotatable bonds is 38. The number of nitrogens with one attached hydrogen (secondary N) is 5. The molecule has 0 spiro atoms. The highest BCUT2D eigenvalue weighted by atomic mass is 31.2. The second kappa shape index (κ2) is 32.7. The van der Waals surface area contributed by atoms with Crippen molar-refractivity contribution in [1.29, 1.82) is 0 Å². The minimum Gasteiger partial charge on any atom is -0.508 e. The molecule has 0 radical (unpaired) electrons. The Morgan fingerprint density at radius 3 is 1.37 bits per heavy atom. The second-order valence-electron chi connectivity index (χ2n) is 17.6. The second-order valence-corrected chi connectivity index (χ2v) is 21.4. The summed E-state index contributed by atoms with van der Waals surface area (Å²) in [5, 5.41) is 79.4. The zero-order chi connectivity index (χ0) is 57.2. The molecule has 0 unspecified atom stereocenters. The summed E-state index contributed by atoms with van der Waals surface area (Å²) in [6, 6.07) is 4.72. The number of aliphatic carboxylic acids is 5. The number of aromatic hydroxyl groups is 2. The van der Waals surface area contributed by atoms with E-state index in [1.165, 1.54) is 34.1 Å². The lowest BCUT2D eigenvalue weighted by atomic mass is 10.0. The maximum absolute atomic E-state index is 12.7. The van der Waals surface area contributed by atoms with E-state index in [0.717, 1.165) is 0 Å². The Hall–Kier alpha value is -6.71. The van der Waals surface area contributed by atoms with Gasteiger partial charge in [0.1, 0.15) is 23.6 Å². The number of carboxylic acid groups (broad SMARTS) is 5. The number of carboxylic acids is 5. The van der Waals surface area contributed by atoms with E-state index in [4.69, 9.17) is 5.11 Å². The van der Waals surface area contributed by atoms with Crippen molar-refractivity contribution in [2.24, 2.45) is 0 Å². The van der Waals surface area contributed by atoms with Crippen molar-refractivity contribution in [2.45, 2.75) is 114 Å². The average Bonchev–Trinajstić information content (AvgIpc) is 3.30. The summed E-state index contributed by atoms with van der Waals surface area (Å²) in [5.74, 6) is -8.63. The van der Waals surface area contributed by atoms with E-state index in [2.05, 4.69) is 16.0 Å². The van der Waals surface area contributed by atoms with Gasteiger partial charge >= 0.3 is 51.1 Å². The average molecular weight is 1120 g/mol. The lowest BCUT2D eigenvalue weighted by Gasteiger charge is -2.26. The van der Waals surface area contributed by atoms with Gasteiger partial charge in [0, 0.05) is 76.1 Å². The zero-order valence-electron chi connectivity index (χ0n) is 41.2. The molecule has 0 aliphatic carbocycles. The molecule has 29 nitrogen and oxygen atoms in total. The molecule has 0 fully saturated rings. The lowest BCUT2D eigenvalue weighted by molar-refractivity contribution is -0.141. The number of phenols is 2.